The molecule has 0 saturated carbocycles. The zero-order valence-electron chi connectivity index (χ0n) is 12.0. The standard InChI is InChI=1S/C14H17N3O4/c1-18-9-3-4-12(19-2)10(7-9)14-16-13(17-21-14)11-8-20-6-5-15-11/h3-4,7,11,15H,5-6,8H2,1-2H3. The van der Waals surface area contributed by atoms with Gasteiger partial charge in [0.25, 0.3) is 5.89 Å². The van der Waals surface area contributed by atoms with Gasteiger partial charge < -0.3 is 24.1 Å². The first kappa shape index (κ1) is 13.8. The number of rotatable bonds is 4. The van der Waals surface area contributed by atoms with Crippen molar-refractivity contribution in [1.29, 1.82) is 0 Å². The third-order valence-electron chi connectivity index (χ3n) is 3.31. The molecule has 1 N–H and O–H groups in total. The average Bonchev–Trinajstić information content (AvgIpc) is 3.05. The van der Waals surface area contributed by atoms with Crippen LogP contribution < -0.4 is 14.8 Å². The molecule has 1 saturated heterocycles. The van der Waals surface area contributed by atoms with Crippen LogP contribution in [0.15, 0.2) is 22.7 Å². The first-order chi connectivity index (χ1) is 10.3. The van der Waals surface area contributed by atoms with Gasteiger partial charge in [-0.05, 0) is 18.2 Å². The van der Waals surface area contributed by atoms with Crippen LogP contribution in [0.2, 0.25) is 0 Å². The van der Waals surface area contributed by atoms with Gasteiger partial charge in [0.2, 0.25) is 0 Å². The first-order valence-electron chi connectivity index (χ1n) is 6.69. The van der Waals surface area contributed by atoms with Gasteiger partial charge >= 0.3 is 0 Å². The van der Waals surface area contributed by atoms with Crippen LogP contribution in [0.5, 0.6) is 11.5 Å². The second kappa shape index (κ2) is 6.11. The summed E-state index contributed by atoms with van der Waals surface area (Å²) in [6.45, 7) is 2.01. The molecule has 0 radical (unpaired) electrons. The summed E-state index contributed by atoms with van der Waals surface area (Å²) in [5.74, 6) is 2.33. The zero-order chi connectivity index (χ0) is 14.7. The molecule has 0 aliphatic carbocycles. The van der Waals surface area contributed by atoms with Gasteiger partial charge in [0.05, 0.1) is 39.0 Å². The zero-order valence-corrected chi connectivity index (χ0v) is 12.0. The maximum Gasteiger partial charge on any atom is 0.261 e. The minimum absolute atomic E-state index is 0.0483. The van der Waals surface area contributed by atoms with Gasteiger partial charge in [-0.25, -0.2) is 0 Å². The van der Waals surface area contributed by atoms with E-state index in [9.17, 15) is 0 Å². The number of hydrogen-bond donors (Lipinski definition) is 1. The molecule has 2 aromatic rings. The Kier molecular flexibility index (Phi) is 4.03. The summed E-state index contributed by atoms with van der Waals surface area (Å²) in [5.41, 5.74) is 0.701. The molecule has 0 spiro atoms. The predicted molar refractivity (Wildman–Crippen MR) is 74.4 cm³/mol. The third kappa shape index (κ3) is 2.84. The number of nitrogens with zero attached hydrogens (tertiary/aromatic N) is 2. The normalized spacial score (nSPS) is 18.5. The first-order valence-corrected chi connectivity index (χ1v) is 6.69. The summed E-state index contributed by atoms with van der Waals surface area (Å²) in [6.07, 6.45) is 0. The smallest absolute Gasteiger partial charge is 0.261 e. The second-order valence-electron chi connectivity index (χ2n) is 4.61. The molecule has 1 fully saturated rings. The topological polar surface area (TPSA) is 78.6 Å². The number of methoxy groups -OCH3 is 2. The van der Waals surface area contributed by atoms with Crippen LogP contribution in [0.3, 0.4) is 0 Å². The molecule has 1 aliphatic rings. The van der Waals surface area contributed by atoms with Gasteiger partial charge in [-0.1, -0.05) is 5.16 Å². The van der Waals surface area contributed by atoms with Crippen LogP contribution in [0.1, 0.15) is 11.9 Å². The molecular formula is C14H17N3O4. The van der Waals surface area contributed by atoms with Gasteiger partial charge in [0, 0.05) is 6.54 Å². The fourth-order valence-electron chi connectivity index (χ4n) is 2.20. The lowest BCUT2D eigenvalue weighted by Crippen LogP contribution is -2.35. The lowest BCUT2D eigenvalue weighted by atomic mass is 10.2. The Balaban J connectivity index is 1.91. The molecular weight excluding hydrogens is 274 g/mol. The van der Waals surface area contributed by atoms with E-state index in [0.29, 0.717) is 42.0 Å². The number of morpholine rings is 1. The minimum atomic E-state index is -0.0483. The van der Waals surface area contributed by atoms with Gasteiger partial charge in [-0.3, -0.25) is 0 Å². The molecule has 1 atom stereocenters. The number of aromatic nitrogens is 2. The van der Waals surface area contributed by atoms with Crippen molar-refractivity contribution in [2.24, 2.45) is 0 Å². The van der Waals surface area contributed by atoms with Crippen molar-refractivity contribution in [1.82, 2.24) is 15.5 Å². The molecule has 112 valence electrons. The van der Waals surface area contributed by atoms with Gasteiger partial charge in [0.15, 0.2) is 5.82 Å². The number of ether oxygens (including phenoxy) is 3. The summed E-state index contributed by atoms with van der Waals surface area (Å²) in [7, 11) is 3.20. The van der Waals surface area contributed by atoms with Crippen molar-refractivity contribution in [3.8, 4) is 23.0 Å². The predicted octanol–water partition coefficient (Wildman–Crippen LogP) is 1.41. The lowest BCUT2D eigenvalue weighted by molar-refractivity contribution is 0.0734. The fourth-order valence-corrected chi connectivity index (χ4v) is 2.20. The molecule has 1 aromatic heterocycles. The van der Waals surface area contributed by atoms with Crippen molar-refractivity contribution in [3.05, 3.63) is 24.0 Å². The Labute approximate surface area is 122 Å². The summed E-state index contributed by atoms with van der Waals surface area (Å²) in [5, 5.41) is 7.31. The quantitative estimate of drug-likeness (QED) is 0.912. The second-order valence-corrected chi connectivity index (χ2v) is 4.61. The molecule has 0 amide bonds. The third-order valence-corrected chi connectivity index (χ3v) is 3.31. The van der Waals surface area contributed by atoms with E-state index in [4.69, 9.17) is 18.7 Å². The largest absolute Gasteiger partial charge is 0.497 e. The Hall–Kier alpha value is -2.12. The van der Waals surface area contributed by atoms with Crippen molar-refractivity contribution in [3.63, 3.8) is 0 Å². The Morgan fingerprint density at radius 1 is 1.29 bits per heavy atom. The van der Waals surface area contributed by atoms with Crippen LogP contribution >= 0.6 is 0 Å². The molecule has 7 heteroatoms. The van der Waals surface area contributed by atoms with E-state index < -0.39 is 0 Å². The molecule has 1 unspecified atom stereocenters. The molecule has 2 heterocycles. The van der Waals surface area contributed by atoms with Crippen molar-refractivity contribution in [2.45, 2.75) is 6.04 Å². The lowest BCUT2D eigenvalue weighted by Gasteiger charge is -2.20. The Morgan fingerprint density at radius 3 is 2.90 bits per heavy atom. The monoisotopic (exact) mass is 291 g/mol. The SMILES string of the molecule is COc1ccc(OC)c(-c2nc(C3COCCN3)no2)c1. The van der Waals surface area contributed by atoms with Gasteiger partial charge in [-0.15, -0.1) is 0 Å². The number of benzene rings is 1. The molecule has 1 aliphatic heterocycles. The van der Waals surface area contributed by atoms with Crippen LogP contribution in [0.25, 0.3) is 11.5 Å². The van der Waals surface area contributed by atoms with Crippen molar-refractivity contribution >= 4 is 0 Å². The number of hydrogen-bond acceptors (Lipinski definition) is 7. The van der Waals surface area contributed by atoms with E-state index in [2.05, 4.69) is 15.5 Å². The summed E-state index contributed by atoms with van der Waals surface area (Å²) < 4.78 is 21.3. The Morgan fingerprint density at radius 2 is 2.19 bits per heavy atom. The van der Waals surface area contributed by atoms with Crippen LogP contribution in [-0.4, -0.2) is 44.1 Å². The summed E-state index contributed by atoms with van der Waals surface area (Å²) in [4.78, 5) is 4.43. The van der Waals surface area contributed by atoms with E-state index >= 15 is 0 Å². The van der Waals surface area contributed by atoms with E-state index in [1.165, 1.54) is 0 Å². The van der Waals surface area contributed by atoms with Crippen LogP contribution in [0, 0.1) is 0 Å². The molecule has 1 aromatic carbocycles. The average molecular weight is 291 g/mol. The maximum atomic E-state index is 5.40. The highest BCUT2D eigenvalue weighted by Crippen LogP contribution is 2.32. The van der Waals surface area contributed by atoms with E-state index in [0.717, 1.165) is 6.54 Å². The van der Waals surface area contributed by atoms with E-state index in [1.54, 1.807) is 26.4 Å². The highest BCUT2D eigenvalue weighted by molar-refractivity contribution is 5.65. The highest BCUT2D eigenvalue weighted by atomic mass is 16.5. The molecule has 0 bridgehead atoms. The molecule has 7 nitrogen and oxygen atoms in total. The summed E-state index contributed by atoms with van der Waals surface area (Å²) >= 11 is 0. The van der Waals surface area contributed by atoms with Crippen molar-refractivity contribution in [2.75, 3.05) is 34.0 Å². The van der Waals surface area contributed by atoms with Gasteiger partial charge in [-0.2, -0.15) is 4.98 Å². The van der Waals surface area contributed by atoms with Crippen LogP contribution in [0.4, 0.5) is 0 Å². The number of nitrogens with one attached hydrogen (secondary N) is 1. The maximum absolute atomic E-state index is 5.40. The van der Waals surface area contributed by atoms with Gasteiger partial charge in [0.1, 0.15) is 11.5 Å². The molecule has 21 heavy (non-hydrogen) atoms. The van der Waals surface area contributed by atoms with Crippen LogP contribution in [-0.2, 0) is 4.74 Å². The highest BCUT2D eigenvalue weighted by Gasteiger charge is 2.22. The fraction of sp³-hybridized carbons (Fsp3) is 0.429. The Bertz CT molecular complexity index is 608. The molecule has 3 rings (SSSR count). The minimum Gasteiger partial charge on any atom is -0.497 e. The van der Waals surface area contributed by atoms with E-state index in [-0.39, 0.29) is 6.04 Å². The van der Waals surface area contributed by atoms with Crippen molar-refractivity contribution < 1.29 is 18.7 Å². The van der Waals surface area contributed by atoms with E-state index in [1.807, 2.05) is 6.07 Å². The summed E-state index contributed by atoms with van der Waals surface area (Å²) in [6, 6.07) is 5.38.